The molecule has 0 unspecified atom stereocenters. The first-order chi connectivity index (χ1) is 28.0. The van der Waals surface area contributed by atoms with Crippen LogP contribution in [0.4, 0.5) is 24.7 Å². The number of benzene rings is 2. The van der Waals surface area contributed by atoms with Crippen LogP contribution < -0.4 is 20.7 Å². The Morgan fingerprint density at radius 1 is 1.02 bits per heavy atom. The number of thiazole rings is 1. The van der Waals surface area contributed by atoms with Gasteiger partial charge in [-0.25, -0.2) is 15.0 Å². The van der Waals surface area contributed by atoms with Crippen LogP contribution in [0, 0.1) is 12.3 Å². The van der Waals surface area contributed by atoms with E-state index in [9.17, 15) is 32.7 Å². The molecule has 15 nitrogen and oxygen atoms in total. The number of alkyl halides is 3. The molecule has 59 heavy (non-hydrogen) atoms. The summed E-state index contributed by atoms with van der Waals surface area (Å²) in [7, 11) is 0. The van der Waals surface area contributed by atoms with Crippen molar-refractivity contribution in [3.63, 3.8) is 0 Å². The summed E-state index contributed by atoms with van der Waals surface area (Å²) in [5.41, 5.74) is 5.58. The van der Waals surface area contributed by atoms with E-state index < -0.39 is 47.7 Å². The Balaban J connectivity index is 0.973. The standard InChI is InChI=1S/C40H44F3N9O6S/c1-24-35(59-23-47-24)26-7-5-25(6-8-26)17-44-37(55)32-15-29(53)20-52(32)38(56)36(39(2,3)4)50-34(54)21-57-14-13-51-19-27(18-48-51)31-16-33(46-22-45-31)49-28-9-11-30(12-10-28)58-40(41,42)43/h5-12,16,18-19,22-23,29,32,36,53H,13-15,17,20-21H2,1-4H3,(H,44,55)(H,50,54)(H,45,46,49)/t29-,32+,36-/m1/s1. The minimum absolute atomic E-state index is 0.0462. The minimum Gasteiger partial charge on any atom is -0.406 e. The average molecular weight is 836 g/mol. The zero-order chi connectivity index (χ0) is 42.3. The highest BCUT2D eigenvalue weighted by Gasteiger charge is 2.44. The number of hydrogen-bond donors (Lipinski definition) is 4. The van der Waals surface area contributed by atoms with Crippen LogP contribution in [0.2, 0.25) is 0 Å². The Morgan fingerprint density at radius 3 is 2.44 bits per heavy atom. The maximum absolute atomic E-state index is 14.0. The molecule has 2 aromatic carbocycles. The normalized spacial score (nSPS) is 16.1. The van der Waals surface area contributed by atoms with E-state index in [1.807, 2.05) is 31.2 Å². The van der Waals surface area contributed by atoms with Gasteiger partial charge in [0, 0.05) is 43.0 Å². The number of β-amino-alcohol motifs (C(OH)–C–C–N with tert-alkyl or cyclic N) is 1. The number of ether oxygens (including phenoxy) is 2. The summed E-state index contributed by atoms with van der Waals surface area (Å²) in [5.74, 6) is -1.35. The lowest BCUT2D eigenvalue weighted by Gasteiger charge is -2.35. The lowest BCUT2D eigenvalue weighted by Crippen LogP contribution is -2.58. The van der Waals surface area contributed by atoms with Crippen LogP contribution >= 0.6 is 11.3 Å². The van der Waals surface area contributed by atoms with Crippen molar-refractivity contribution in [3.05, 3.63) is 90.1 Å². The van der Waals surface area contributed by atoms with Gasteiger partial charge in [-0.1, -0.05) is 45.0 Å². The fourth-order valence-electron chi connectivity index (χ4n) is 6.40. The first-order valence-corrected chi connectivity index (χ1v) is 19.5. The van der Waals surface area contributed by atoms with Gasteiger partial charge in [-0.3, -0.25) is 19.1 Å². The number of aromatic nitrogens is 5. The van der Waals surface area contributed by atoms with Crippen LogP contribution in [-0.2, 0) is 32.2 Å². The van der Waals surface area contributed by atoms with Crippen molar-refractivity contribution in [2.75, 3.05) is 25.1 Å². The molecule has 1 saturated heterocycles. The number of carbonyl (C=O) groups is 3. The van der Waals surface area contributed by atoms with Gasteiger partial charge in [-0.05, 0) is 47.7 Å². The van der Waals surface area contributed by atoms with Crippen molar-refractivity contribution in [2.45, 2.75) is 71.8 Å². The third kappa shape index (κ3) is 11.6. The molecule has 0 spiro atoms. The Hall–Kier alpha value is -5.92. The maximum atomic E-state index is 14.0. The zero-order valence-corrected chi connectivity index (χ0v) is 33.5. The summed E-state index contributed by atoms with van der Waals surface area (Å²) in [6, 6.07) is 12.7. The monoisotopic (exact) mass is 835 g/mol. The molecule has 0 radical (unpaired) electrons. The van der Waals surface area contributed by atoms with Gasteiger partial charge in [0.2, 0.25) is 17.7 Å². The summed E-state index contributed by atoms with van der Waals surface area (Å²) < 4.78 is 48.5. The van der Waals surface area contributed by atoms with Crippen LogP contribution in [0.25, 0.3) is 21.7 Å². The molecule has 19 heteroatoms. The number of anilines is 2. The Labute approximate surface area is 342 Å². The topological polar surface area (TPSA) is 186 Å². The quantitative estimate of drug-likeness (QED) is 0.101. The summed E-state index contributed by atoms with van der Waals surface area (Å²) in [4.78, 5) is 55.6. The lowest BCUT2D eigenvalue weighted by atomic mass is 9.85. The minimum atomic E-state index is -4.79. The predicted molar refractivity (Wildman–Crippen MR) is 212 cm³/mol. The molecule has 3 aromatic heterocycles. The van der Waals surface area contributed by atoms with Gasteiger partial charge in [-0.15, -0.1) is 24.5 Å². The number of aliphatic hydroxyl groups excluding tert-OH is 1. The van der Waals surface area contributed by atoms with Crippen molar-refractivity contribution < 1.29 is 42.1 Å². The second kappa shape index (κ2) is 18.3. The first kappa shape index (κ1) is 42.7. The SMILES string of the molecule is Cc1ncsc1-c1ccc(CNC(=O)[C@@H]2C[C@@H](O)CN2C(=O)[C@@H](NC(=O)COCCn2cc(-c3cc(Nc4ccc(OC(F)(F)F)cc4)ncn3)cn2)C(C)(C)C)cc1. The number of amides is 3. The molecule has 0 aliphatic carbocycles. The Morgan fingerprint density at radius 2 is 1.76 bits per heavy atom. The molecule has 5 aromatic rings. The van der Waals surface area contributed by atoms with E-state index in [1.54, 1.807) is 60.8 Å². The number of likely N-dealkylation sites (tertiary alicyclic amines) is 1. The largest absolute Gasteiger partial charge is 0.573 e. The number of carbonyl (C=O) groups excluding carboxylic acids is 3. The Kier molecular flexibility index (Phi) is 13.3. The van der Waals surface area contributed by atoms with Crippen LogP contribution in [0.1, 0.15) is 38.4 Å². The molecule has 4 heterocycles. The Bertz CT molecular complexity index is 2230. The van der Waals surface area contributed by atoms with Crippen molar-refractivity contribution in [1.82, 2.24) is 40.3 Å². The van der Waals surface area contributed by atoms with Crippen LogP contribution in [0.5, 0.6) is 5.75 Å². The number of nitrogens with one attached hydrogen (secondary N) is 3. The van der Waals surface area contributed by atoms with Gasteiger partial charge < -0.3 is 35.4 Å². The fourth-order valence-corrected chi connectivity index (χ4v) is 7.21. The summed E-state index contributed by atoms with van der Waals surface area (Å²) >= 11 is 1.56. The van der Waals surface area contributed by atoms with E-state index in [2.05, 4.69) is 40.7 Å². The second-order valence-electron chi connectivity index (χ2n) is 15.0. The van der Waals surface area contributed by atoms with E-state index in [0.29, 0.717) is 22.8 Å². The van der Waals surface area contributed by atoms with E-state index in [4.69, 9.17) is 4.74 Å². The van der Waals surface area contributed by atoms with Crippen molar-refractivity contribution in [3.8, 4) is 27.4 Å². The van der Waals surface area contributed by atoms with Crippen LogP contribution in [0.3, 0.4) is 0 Å². The van der Waals surface area contributed by atoms with Gasteiger partial charge in [0.1, 0.15) is 36.6 Å². The molecule has 3 atom stereocenters. The smallest absolute Gasteiger partial charge is 0.406 e. The maximum Gasteiger partial charge on any atom is 0.573 e. The summed E-state index contributed by atoms with van der Waals surface area (Å²) in [5, 5.41) is 23.5. The molecular formula is C40H44F3N9O6S. The third-order valence-corrected chi connectivity index (χ3v) is 10.3. The van der Waals surface area contributed by atoms with Gasteiger partial charge in [0.05, 0.1) is 47.2 Å². The van der Waals surface area contributed by atoms with Crippen LogP contribution in [-0.4, -0.2) is 96.8 Å². The van der Waals surface area contributed by atoms with E-state index in [0.717, 1.165) is 21.7 Å². The van der Waals surface area contributed by atoms with E-state index in [1.165, 1.54) is 35.5 Å². The predicted octanol–water partition coefficient (Wildman–Crippen LogP) is 5.24. The fraction of sp³-hybridized carbons (Fsp3) is 0.375. The third-order valence-electron chi connectivity index (χ3n) is 9.37. The number of nitrogens with zero attached hydrogens (tertiary/aromatic N) is 6. The van der Waals surface area contributed by atoms with Gasteiger partial charge in [0.25, 0.3) is 0 Å². The number of rotatable bonds is 15. The zero-order valence-electron chi connectivity index (χ0n) is 32.7. The van der Waals surface area contributed by atoms with Crippen LogP contribution in [0.15, 0.2) is 78.8 Å². The molecule has 3 amide bonds. The molecule has 0 bridgehead atoms. The van der Waals surface area contributed by atoms with E-state index >= 15 is 0 Å². The summed E-state index contributed by atoms with van der Waals surface area (Å²) in [6.07, 6.45) is -0.964. The van der Waals surface area contributed by atoms with Crippen molar-refractivity contribution in [1.29, 1.82) is 0 Å². The second-order valence-corrected chi connectivity index (χ2v) is 15.8. The molecule has 312 valence electrons. The number of halogens is 3. The molecule has 1 fully saturated rings. The van der Waals surface area contributed by atoms with Crippen molar-refractivity contribution >= 4 is 40.6 Å². The van der Waals surface area contributed by atoms with Gasteiger partial charge in [-0.2, -0.15) is 5.10 Å². The number of hydrogen-bond acceptors (Lipinski definition) is 12. The molecular weight excluding hydrogens is 792 g/mol. The van der Waals surface area contributed by atoms with Crippen molar-refractivity contribution in [2.24, 2.45) is 5.41 Å². The van der Waals surface area contributed by atoms with Gasteiger partial charge in [0.15, 0.2) is 0 Å². The average Bonchev–Trinajstić information content (AvgIpc) is 3.94. The molecule has 1 aliphatic heterocycles. The number of aryl methyl sites for hydroxylation is 1. The highest BCUT2D eigenvalue weighted by molar-refractivity contribution is 7.13. The molecule has 4 N–H and O–H groups in total. The van der Waals surface area contributed by atoms with E-state index in [-0.39, 0.29) is 45.0 Å². The molecule has 0 saturated carbocycles. The lowest BCUT2D eigenvalue weighted by molar-refractivity contribution is -0.274. The molecule has 1 aliphatic rings. The highest BCUT2D eigenvalue weighted by Crippen LogP contribution is 2.29. The first-order valence-electron chi connectivity index (χ1n) is 18.6. The summed E-state index contributed by atoms with van der Waals surface area (Å²) in [6.45, 7) is 7.60. The molecule has 6 rings (SSSR count). The number of aliphatic hydroxyl groups is 1. The van der Waals surface area contributed by atoms with Gasteiger partial charge >= 0.3 is 6.36 Å². The highest BCUT2D eigenvalue weighted by atomic mass is 32.1.